The van der Waals surface area contributed by atoms with Crippen molar-refractivity contribution in [3.63, 3.8) is 0 Å². The number of hydrogen-bond acceptors (Lipinski definition) is 3. The molecule has 0 saturated heterocycles. The minimum absolute atomic E-state index is 0.141. The van der Waals surface area contributed by atoms with Gasteiger partial charge in [-0.15, -0.1) is 0 Å². The van der Waals surface area contributed by atoms with Gasteiger partial charge in [-0.2, -0.15) is 5.10 Å². The van der Waals surface area contributed by atoms with Crippen molar-refractivity contribution >= 4 is 27.4 Å². The molecule has 0 amide bonds. The molecule has 1 aliphatic rings. The van der Waals surface area contributed by atoms with Gasteiger partial charge in [0.2, 0.25) is 0 Å². The summed E-state index contributed by atoms with van der Waals surface area (Å²) in [5, 5.41) is 4.27. The molecule has 0 bridgehead atoms. The van der Waals surface area contributed by atoms with Crippen LogP contribution in [0.1, 0.15) is 12.1 Å². The molecule has 2 heterocycles. The lowest BCUT2D eigenvalue weighted by Crippen LogP contribution is -2.15. The Hall–Kier alpha value is -1.60. The summed E-state index contributed by atoms with van der Waals surface area (Å²) in [7, 11) is -4.01. The van der Waals surface area contributed by atoms with Gasteiger partial charge in [0.15, 0.2) is 5.82 Å². The Kier molecular flexibility index (Phi) is 3.18. The van der Waals surface area contributed by atoms with Crippen LogP contribution in [0.3, 0.4) is 0 Å². The summed E-state index contributed by atoms with van der Waals surface area (Å²) < 4.78 is 41.9. The Labute approximate surface area is 120 Å². The Bertz CT molecular complexity index is 752. The Morgan fingerprint density at radius 3 is 2.85 bits per heavy atom. The molecule has 0 fully saturated rings. The van der Waals surface area contributed by atoms with Crippen molar-refractivity contribution < 1.29 is 12.8 Å². The van der Waals surface area contributed by atoms with Gasteiger partial charge in [0.05, 0.1) is 0 Å². The minimum atomic E-state index is -4.01. The van der Waals surface area contributed by atoms with Gasteiger partial charge in [0, 0.05) is 23.3 Å². The number of nitrogens with zero attached hydrogens (tertiary/aromatic N) is 2. The molecule has 1 N–H and O–H groups in total. The van der Waals surface area contributed by atoms with E-state index in [-0.39, 0.29) is 10.8 Å². The molecule has 3 rings (SSSR count). The molecule has 2 aromatic rings. The van der Waals surface area contributed by atoms with Crippen LogP contribution in [0.5, 0.6) is 0 Å². The van der Waals surface area contributed by atoms with Crippen LogP contribution in [0.25, 0.3) is 0 Å². The number of rotatable bonds is 3. The predicted octanol–water partition coefficient (Wildman–Crippen LogP) is 2.42. The molecule has 0 spiro atoms. The fraction of sp³-hybridized carbons (Fsp3) is 0.250. The highest BCUT2D eigenvalue weighted by molar-refractivity contribution is 7.92. The van der Waals surface area contributed by atoms with E-state index >= 15 is 0 Å². The summed E-state index contributed by atoms with van der Waals surface area (Å²) in [4.78, 5) is -0.449. The van der Waals surface area contributed by atoms with E-state index in [4.69, 9.17) is 11.6 Å². The molecular weight excluding hydrogens is 305 g/mol. The van der Waals surface area contributed by atoms with Gasteiger partial charge in [0.25, 0.3) is 10.0 Å². The fourth-order valence-electron chi connectivity index (χ4n) is 2.20. The number of halogens is 2. The van der Waals surface area contributed by atoms with Gasteiger partial charge >= 0.3 is 0 Å². The van der Waals surface area contributed by atoms with Crippen LogP contribution in [0.15, 0.2) is 29.2 Å². The van der Waals surface area contributed by atoms with Crippen molar-refractivity contribution in [3.8, 4) is 0 Å². The van der Waals surface area contributed by atoms with E-state index < -0.39 is 20.7 Å². The highest BCUT2D eigenvalue weighted by atomic mass is 35.5. The maximum Gasteiger partial charge on any atom is 0.266 e. The average Bonchev–Trinajstić information content (AvgIpc) is 2.87. The number of anilines is 1. The van der Waals surface area contributed by atoms with E-state index in [1.54, 1.807) is 10.7 Å². The number of aromatic nitrogens is 2. The third kappa shape index (κ3) is 2.38. The summed E-state index contributed by atoms with van der Waals surface area (Å²) in [6.45, 7) is 0.770. The van der Waals surface area contributed by atoms with E-state index in [0.717, 1.165) is 37.2 Å². The van der Waals surface area contributed by atoms with Crippen molar-refractivity contribution in [2.75, 3.05) is 4.72 Å². The largest absolute Gasteiger partial charge is 0.267 e. The van der Waals surface area contributed by atoms with E-state index in [1.807, 2.05) is 0 Å². The third-order valence-electron chi connectivity index (χ3n) is 3.09. The second kappa shape index (κ2) is 4.75. The standard InChI is InChI=1S/C12H11ClFN3O2S/c13-8-3-4-11(10(14)6-8)20(18,19)16-12-7-9-2-1-5-17(9)15-12/h3-4,6-7H,1-2,5H2,(H,15,16). The molecule has 0 saturated carbocycles. The zero-order valence-corrected chi connectivity index (χ0v) is 11.9. The number of benzene rings is 1. The van der Waals surface area contributed by atoms with E-state index in [0.29, 0.717) is 0 Å². The summed E-state index contributed by atoms with van der Waals surface area (Å²) in [5.41, 5.74) is 0.972. The fourth-order valence-corrected chi connectivity index (χ4v) is 3.40. The van der Waals surface area contributed by atoms with E-state index in [9.17, 15) is 12.8 Å². The Morgan fingerprint density at radius 1 is 1.35 bits per heavy atom. The second-order valence-corrected chi connectivity index (χ2v) is 6.62. The molecule has 0 unspecified atom stereocenters. The normalized spacial score (nSPS) is 14.3. The monoisotopic (exact) mass is 315 g/mol. The lowest BCUT2D eigenvalue weighted by atomic mass is 10.3. The molecule has 5 nitrogen and oxygen atoms in total. The van der Waals surface area contributed by atoms with E-state index in [2.05, 4.69) is 9.82 Å². The molecular formula is C12H11ClFN3O2S. The van der Waals surface area contributed by atoms with Crippen LogP contribution < -0.4 is 4.72 Å². The number of sulfonamides is 1. The van der Waals surface area contributed by atoms with Gasteiger partial charge in [-0.1, -0.05) is 11.6 Å². The van der Waals surface area contributed by atoms with Gasteiger partial charge in [-0.05, 0) is 31.0 Å². The maximum atomic E-state index is 13.7. The lowest BCUT2D eigenvalue weighted by molar-refractivity contribution is 0.570. The molecule has 1 aromatic heterocycles. The van der Waals surface area contributed by atoms with Crippen molar-refractivity contribution in [2.45, 2.75) is 24.3 Å². The summed E-state index contributed by atoms with van der Waals surface area (Å²) in [6.07, 6.45) is 1.87. The summed E-state index contributed by atoms with van der Waals surface area (Å²) >= 11 is 5.61. The minimum Gasteiger partial charge on any atom is -0.267 e. The molecule has 8 heteroatoms. The van der Waals surface area contributed by atoms with Gasteiger partial charge in [-0.3, -0.25) is 9.40 Å². The molecule has 106 valence electrons. The van der Waals surface area contributed by atoms with Crippen molar-refractivity contribution in [2.24, 2.45) is 0 Å². The molecule has 0 radical (unpaired) electrons. The van der Waals surface area contributed by atoms with Crippen LogP contribution in [-0.4, -0.2) is 18.2 Å². The number of aryl methyl sites for hydroxylation is 2. The first-order valence-electron chi connectivity index (χ1n) is 6.00. The van der Waals surface area contributed by atoms with Crippen LogP contribution in [0.2, 0.25) is 5.02 Å². The first-order valence-corrected chi connectivity index (χ1v) is 7.86. The van der Waals surface area contributed by atoms with Gasteiger partial charge in [0.1, 0.15) is 10.7 Å². The first-order chi connectivity index (χ1) is 9.45. The van der Waals surface area contributed by atoms with Gasteiger partial charge in [-0.25, -0.2) is 12.8 Å². The predicted molar refractivity (Wildman–Crippen MR) is 72.8 cm³/mol. The Morgan fingerprint density at radius 2 is 2.15 bits per heavy atom. The molecule has 0 atom stereocenters. The zero-order valence-electron chi connectivity index (χ0n) is 10.3. The zero-order chi connectivity index (χ0) is 14.3. The van der Waals surface area contributed by atoms with Crippen molar-refractivity contribution in [1.82, 2.24) is 9.78 Å². The van der Waals surface area contributed by atoms with Crippen LogP contribution >= 0.6 is 11.6 Å². The topological polar surface area (TPSA) is 64.0 Å². The van der Waals surface area contributed by atoms with Crippen LogP contribution in [0, 0.1) is 5.82 Å². The summed E-state index contributed by atoms with van der Waals surface area (Å²) in [5.74, 6) is -0.689. The van der Waals surface area contributed by atoms with Gasteiger partial charge < -0.3 is 0 Å². The van der Waals surface area contributed by atoms with Crippen molar-refractivity contribution in [3.05, 3.63) is 40.8 Å². The number of hydrogen-bond donors (Lipinski definition) is 1. The number of fused-ring (bicyclic) bond motifs is 1. The summed E-state index contributed by atoms with van der Waals surface area (Å²) in [6, 6.07) is 5.08. The quantitative estimate of drug-likeness (QED) is 0.946. The molecule has 1 aliphatic heterocycles. The van der Waals surface area contributed by atoms with Crippen LogP contribution in [-0.2, 0) is 23.0 Å². The van der Waals surface area contributed by atoms with Crippen LogP contribution in [0.4, 0.5) is 10.2 Å². The highest BCUT2D eigenvalue weighted by Crippen LogP contribution is 2.23. The molecule has 0 aliphatic carbocycles. The average molecular weight is 316 g/mol. The SMILES string of the molecule is O=S(=O)(Nc1cc2n(n1)CCC2)c1ccc(Cl)cc1F. The molecule has 1 aromatic carbocycles. The third-order valence-corrected chi connectivity index (χ3v) is 4.71. The smallest absolute Gasteiger partial charge is 0.266 e. The lowest BCUT2D eigenvalue weighted by Gasteiger charge is -2.06. The number of nitrogens with one attached hydrogen (secondary N) is 1. The molecule has 20 heavy (non-hydrogen) atoms. The Balaban J connectivity index is 1.91. The second-order valence-electron chi connectivity index (χ2n) is 4.53. The van der Waals surface area contributed by atoms with E-state index in [1.165, 1.54) is 6.07 Å². The van der Waals surface area contributed by atoms with Crippen molar-refractivity contribution in [1.29, 1.82) is 0 Å². The first kappa shape index (κ1) is 13.4. The maximum absolute atomic E-state index is 13.7. The highest BCUT2D eigenvalue weighted by Gasteiger charge is 2.22.